The fourth-order valence-electron chi connectivity index (χ4n) is 4.78. The smallest absolute Gasteiger partial charge is 0.289 e. The highest BCUT2D eigenvalue weighted by Gasteiger charge is 2.42. The molecule has 1 saturated heterocycles. The van der Waals surface area contributed by atoms with Gasteiger partial charge in [0.2, 0.25) is 0 Å². The van der Waals surface area contributed by atoms with Crippen molar-refractivity contribution in [3.63, 3.8) is 0 Å². The molecular weight excluding hydrogens is 372 g/mol. The van der Waals surface area contributed by atoms with Gasteiger partial charge in [-0.1, -0.05) is 18.2 Å². The normalized spacial score (nSPS) is 23.1. The van der Waals surface area contributed by atoms with Crippen LogP contribution >= 0.6 is 0 Å². The molecule has 1 fully saturated rings. The Bertz CT molecular complexity index is 1230. The number of para-hydroxylation sites is 1. The molecule has 0 saturated carbocycles. The highest BCUT2D eigenvalue weighted by atomic mass is 16.3. The highest BCUT2D eigenvalue weighted by molar-refractivity contribution is 5.92. The fraction of sp³-hybridized carbons (Fsp3) is 0.333. The first-order chi connectivity index (χ1) is 14.1. The van der Waals surface area contributed by atoms with Crippen molar-refractivity contribution in [2.45, 2.75) is 18.4 Å². The number of H-pyrrole nitrogens is 1. The van der Waals surface area contributed by atoms with Crippen molar-refractivity contribution in [1.29, 1.82) is 0 Å². The number of amides is 1. The predicted octanol–water partition coefficient (Wildman–Crippen LogP) is 0.878. The molecule has 1 amide bonds. The van der Waals surface area contributed by atoms with Crippen LogP contribution in [0.3, 0.4) is 0 Å². The third-order valence-electron chi connectivity index (χ3n) is 6.09. The van der Waals surface area contributed by atoms with E-state index in [1.807, 2.05) is 6.07 Å². The summed E-state index contributed by atoms with van der Waals surface area (Å²) in [5, 5.41) is 10.4. The van der Waals surface area contributed by atoms with Crippen LogP contribution in [0.1, 0.15) is 34.7 Å². The zero-order chi connectivity index (χ0) is 20.1. The summed E-state index contributed by atoms with van der Waals surface area (Å²) in [7, 11) is 0. The lowest BCUT2D eigenvalue weighted by molar-refractivity contribution is 0.0428. The molecule has 3 atom stereocenters. The van der Waals surface area contributed by atoms with Gasteiger partial charge in [0, 0.05) is 36.7 Å². The Morgan fingerprint density at radius 3 is 2.79 bits per heavy atom. The van der Waals surface area contributed by atoms with Gasteiger partial charge in [-0.2, -0.15) is 0 Å². The summed E-state index contributed by atoms with van der Waals surface area (Å²) in [6.07, 6.45) is 0.806. The van der Waals surface area contributed by atoms with E-state index in [2.05, 4.69) is 9.97 Å². The number of hydrogen-bond acceptors (Lipinski definition) is 5. The average molecular weight is 392 g/mol. The van der Waals surface area contributed by atoms with E-state index in [9.17, 15) is 19.5 Å². The monoisotopic (exact) mass is 392 g/mol. The van der Waals surface area contributed by atoms with Crippen molar-refractivity contribution < 1.29 is 9.90 Å². The van der Waals surface area contributed by atoms with E-state index in [-0.39, 0.29) is 47.3 Å². The third-order valence-corrected chi connectivity index (χ3v) is 6.09. The number of carbonyl (C=O) groups is 1. The SMILES string of the molecule is O=C(c1nc2ccccc2c(=O)[nH]1)N1C[C@H]2C[C@@H](C1)[C@H](CO)n1c2cccc1=O. The number of carbonyl (C=O) groups excluding carboxylic acids is 1. The summed E-state index contributed by atoms with van der Waals surface area (Å²) >= 11 is 0. The number of aliphatic hydroxyl groups is 1. The summed E-state index contributed by atoms with van der Waals surface area (Å²) < 4.78 is 1.68. The summed E-state index contributed by atoms with van der Waals surface area (Å²) in [6.45, 7) is 0.673. The molecule has 2 N–H and O–H groups in total. The van der Waals surface area contributed by atoms with Crippen LogP contribution in [-0.2, 0) is 0 Å². The lowest BCUT2D eigenvalue weighted by Crippen LogP contribution is -2.52. The maximum atomic E-state index is 13.2. The number of aromatic amines is 1. The maximum absolute atomic E-state index is 13.2. The van der Waals surface area contributed by atoms with Gasteiger partial charge in [-0.25, -0.2) is 4.98 Å². The zero-order valence-electron chi connectivity index (χ0n) is 15.6. The van der Waals surface area contributed by atoms with Crippen molar-refractivity contribution in [1.82, 2.24) is 19.4 Å². The van der Waals surface area contributed by atoms with Crippen LogP contribution in [0.15, 0.2) is 52.1 Å². The number of rotatable bonds is 2. The Balaban J connectivity index is 1.52. The Labute approximate surface area is 165 Å². The Morgan fingerprint density at radius 2 is 1.97 bits per heavy atom. The van der Waals surface area contributed by atoms with E-state index in [1.165, 1.54) is 6.07 Å². The van der Waals surface area contributed by atoms with E-state index in [1.54, 1.807) is 39.8 Å². The predicted molar refractivity (Wildman–Crippen MR) is 106 cm³/mol. The average Bonchev–Trinajstić information content (AvgIpc) is 2.74. The number of hydrogen-bond donors (Lipinski definition) is 2. The number of nitrogens with zero attached hydrogens (tertiary/aromatic N) is 3. The minimum absolute atomic E-state index is 0.00146. The fourth-order valence-corrected chi connectivity index (χ4v) is 4.78. The first kappa shape index (κ1) is 17.8. The lowest BCUT2D eigenvalue weighted by atomic mass is 9.78. The Hall–Kier alpha value is -3.26. The van der Waals surface area contributed by atoms with Crippen molar-refractivity contribution in [3.05, 3.63) is 74.7 Å². The molecule has 29 heavy (non-hydrogen) atoms. The van der Waals surface area contributed by atoms with Crippen molar-refractivity contribution in [2.24, 2.45) is 5.92 Å². The maximum Gasteiger partial charge on any atom is 0.289 e. The minimum Gasteiger partial charge on any atom is -0.394 e. The number of benzene rings is 1. The third kappa shape index (κ3) is 2.79. The molecule has 1 aromatic carbocycles. The van der Waals surface area contributed by atoms with Gasteiger partial charge >= 0.3 is 0 Å². The summed E-state index contributed by atoms with van der Waals surface area (Å²) in [5.74, 6) is -0.366. The number of likely N-dealkylation sites (tertiary alicyclic amines) is 1. The molecule has 0 radical (unpaired) electrons. The Kier molecular flexibility index (Phi) is 4.09. The van der Waals surface area contributed by atoms with Gasteiger partial charge in [-0.05, 0) is 24.6 Å². The van der Waals surface area contributed by atoms with Gasteiger partial charge in [-0.3, -0.25) is 14.4 Å². The molecule has 8 heteroatoms. The van der Waals surface area contributed by atoms with Crippen LogP contribution in [0.2, 0.25) is 0 Å². The number of aliphatic hydroxyl groups excluding tert-OH is 1. The van der Waals surface area contributed by atoms with E-state index >= 15 is 0 Å². The molecular formula is C21H20N4O4. The molecule has 3 aromatic rings. The molecule has 0 spiro atoms. The van der Waals surface area contributed by atoms with Crippen LogP contribution in [0.25, 0.3) is 10.9 Å². The Morgan fingerprint density at radius 1 is 1.14 bits per heavy atom. The minimum atomic E-state index is -0.367. The van der Waals surface area contributed by atoms with Crippen molar-refractivity contribution >= 4 is 16.8 Å². The second-order valence-electron chi connectivity index (χ2n) is 7.74. The number of piperidine rings is 1. The van der Waals surface area contributed by atoms with Crippen LogP contribution in [0.4, 0.5) is 0 Å². The van der Waals surface area contributed by atoms with E-state index in [4.69, 9.17) is 0 Å². The summed E-state index contributed by atoms with van der Waals surface area (Å²) in [5.41, 5.74) is 0.838. The topological polar surface area (TPSA) is 108 Å². The zero-order valence-corrected chi connectivity index (χ0v) is 15.6. The van der Waals surface area contributed by atoms with Crippen molar-refractivity contribution in [2.75, 3.05) is 19.7 Å². The number of aromatic nitrogens is 3. The van der Waals surface area contributed by atoms with Crippen LogP contribution < -0.4 is 11.1 Å². The highest BCUT2D eigenvalue weighted by Crippen LogP contribution is 2.41. The van der Waals surface area contributed by atoms with Gasteiger partial charge < -0.3 is 19.6 Å². The van der Waals surface area contributed by atoms with Gasteiger partial charge in [0.15, 0.2) is 5.82 Å². The molecule has 5 rings (SSSR count). The summed E-state index contributed by atoms with van der Waals surface area (Å²) in [4.78, 5) is 46.5. The van der Waals surface area contributed by atoms with E-state index in [0.29, 0.717) is 24.0 Å². The van der Waals surface area contributed by atoms with Gasteiger partial charge in [0.05, 0.1) is 23.6 Å². The molecule has 2 bridgehead atoms. The number of fused-ring (bicyclic) bond motifs is 5. The first-order valence-electron chi connectivity index (χ1n) is 9.67. The van der Waals surface area contributed by atoms with E-state index < -0.39 is 0 Å². The molecule has 8 nitrogen and oxygen atoms in total. The second kappa shape index (κ2) is 6.66. The number of pyridine rings is 1. The van der Waals surface area contributed by atoms with E-state index in [0.717, 1.165) is 12.1 Å². The molecule has 2 aliphatic heterocycles. The van der Waals surface area contributed by atoms with Gasteiger partial charge in [0.1, 0.15) is 0 Å². The lowest BCUT2D eigenvalue weighted by Gasteiger charge is -2.46. The largest absolute Gasteiger partial charge is 0.394 e. The number of nitrogens with one attached hydrogen (secondary N) is 1. The molecule has 148 valence electrons. The molecule has 2 aromatic heterocycles. The van der Waals surface area contributed by atoms with Gasteiger partial charge in [-0.15, -0.1) is 0 Å². The first-order valence-corrected chi connectivity index (χ1v) is 9.67. The quantitative estimate of drug-likeness (QED) is 0.673. The van der Waals surface area contributed by atoms with Crippen molar-refractivity contribution in [3.8, 4) is 0 Å². The summed E-state index contributed by atoms with van der Waals surface area (Å²) in [6, 6.07) is 11.6. The second-order valence-corrected chi connectivity index (χ2v) is 7.74. The molecule has 0 aliphatic carbocycles. The molecule has 0 unspecified atom stereocenters. The van der Waals surface area contributed by atoms with Gasteiger partial charge in [0.25, 0.3) is 17.0 Å². The van der Waals surface area contributed by atoms with Crippen LogP contribution in [0, 0.1) is 5.92 Å². The molecule has 4 heterocycles. The van der Waals surface area contributed by atoms with Crippen LogP contribution in [0.5, 0.6) is 0 Å². The van der Waals surface area contributed by atoms with Crippen LogP contribution in [-0.4, -0.2) is 50.1 Å². The standard InChI is InChI=1S/C21H20N4O4/c26-11-17-13-8-12(16-6-3-7-18(27)25(16)17)9-24(10-13)21(29)19-22-15-5-2-1-4-14(15)20(28)23-19/h1-7,12-13,17,26H,8-11H2,(H,22,23,28)/t12-,13+,17+/m1/s1. The molecule has 2 aliphatic rings.